The SMILES string of the molecule is Nc1ccc(S(=O)(=O)N2CCCSCC2)cn1. The molecule has 1 aromatic heterocycles. The number of hydrogen-bond acceptors (Lipinski definition) is 5. The Labute approximate surface area is 105 Å². The second kappa shape index (κ2) is 5.24. The van der Waals surface area contributed by atoms with Gasteiger partial charge in [0.25, 0.3) is 0 Å². The number of pyridine rings is 1. The zero-order valence-corrected chi connectivity index (χ0v) is 11.0. The molecule has 0 radical (unpaired) electrons. The lowest BCUT2D eigenvalue weighted by atomic mass is 10.5. The highest BCUT2D eigenvalue weighted by molar-refractivity contribution is 7.99. The van der Waals surface area contributed by atoms with E-state index in [9.17, 15) is 8.42 Å². The van der Waals surface area contributed by atoms with Crippen LogP contribution in [0, 0.1) is 0 Å². The summed E-state index contributed by atoms with van der Waals surface area (Å²) >= 11 is 1.79. The van der Waals surface area contributed by atoms with Crippen LogP contribution < -0.4 is 5.73 Å². The summed E-state index contributed by atoms with van der Waals surface area (Å²) in [5.41, 5.74) is 5.45. The van der Waals surface area contributed by atoms with Crippen molar-refractivity contribution in [3.05, 3.63) is 18.3 Å². The molecule has 2 heterocycles. The van der Waals surface area contributed by atoms with E-state index < -0.39 is 10.0 Å². The average molecular weight is 273 g/mol. The molecule has 2 rings (SSSR count). The smallest absolute Gasteiger partial charge is 0.244 e. The van der Waals surface area contributed by atoms with Crippen molar-refractivity contribution in [3.8, 4) is 0 Å². The van der Waals surface area contributed by atoms with Gasteiger partial charge in [-0.2, -0.15) is 16.1 Å². The summed E-state index contributed by atoms with van der Waals surface area (Å²) in [7, 11) is -3.40. The van der Waals surface area contributed by atoms with Gasteiger partial charge in [0.15, 0.2) is 0 Å². The minimum Gasteiger partial charge on any atom is -0.384 e. The van der Waals surface area contributed by atoms with E-state index in [-0.39, 0.29) is 4.90 Å². The summed E-state index contributed by atoms with van der Waals surface area (Å²) < 4.78 is 26.1. The van der Waals surface area contributed by atoms with Crippen molar-refractivity contribution in [3.63, 3.8) is 0 Å². The third-order valence-electron chi connectivity index (χ3n) is 2.58. The van der Waals surface area contributed by atoms with Crippen LogP contribution in [0.5, 0.6) is 0 Å². The molecule has 0 spiro atoms. The van der Waals surface area contributed by atoms with E-state index >= 15 is 0 Å². The average Bonchev–Trinajstić information content (AvgIpc) is 2.58. The van der Waals surface area contributed by atoms with E-state index in [0.29, 0.717) is 18.9 Å². The first kappa shape index (κ1) is 12.7. The largest absolute Gasteiger partial charge is 0.384 e. The van der Waals surface area contributed by atoms with Crippen LogP contribution in [-0.2, 0) is 10.0 Å². The number of nitrogen functional groups attached to an aromatic ring is 1. The van der Waals surface area contributed by atoms with Crippen molar-refractivity contribution in [2.45, 2.75) is 11.3 Å². The van der Waals surface area contributed by atoms with Gasteiger partial charge in [-0.25, -0.2) is 13.4 Å². The molecule has 0 saturated carbocycles. The fraction of sp³-hybridized carbons (Fsp3) is 0.500. The van der Waals surface area contributed by atoms with Crippen molar-refractivity contribution in [1.29, 1.82) is 0 Å². The molecule has 0 aromatic carbocycles. The van der Waals surface area contributed by atoms with E-state index in [1.54, 1.807) is 11.8 Å². The lowest BCUT2D eigenvalue weighted by Crippen LogP contribution is -2.33. The molecule has 0 unspecified atom stereocenters. The van der Waals surface area contributed by atoms with Gasteiger partial charge in [-0.05, 0) is 24.3 Å². The number of aromatic nitrogens is 1. The van der Waals surface area contributed by atoms with E-state index in [2.05, 4.69) is 4.98 Å². The van der Waals surface area contributed by atoms with Crippen molar-refractivity contribution in [2.24, 2.45) is 0 Å². The molecular formula is C10H15N3O2S2. The Balaban J connectivity index is 2.25. The van der Waals surface area contributed by atoms with Crippen LogP contribution in [0.15, 0.2) is 23.2 Å². The van der Waals surface area contributed by atoms with Crippen LogP contribution in [0.25, 0.3) is 0 Å². The van der Waals surface area contributed by atoms with Gasteiger partial charge in [-0.15, -0.1) is 0 Å². The zero-order chi connectivity index (χ0) is 12.3. The van der Waals surface area contributed by atoms with Crippen molar-refractivity contribution in [1.82, 2.24) is 9.29 Å². The maximum atomic E-state index is 12.3. The molecule has 7 heteroatoms. The number of thioether (sulfide) groups is 1. The van der Waals surface area contributed by atoms with Crippen LogP contribution in [0.4, 0.5) is 5.82 Å². The molecule has 0 atom stereocenters. The van der Waals surface area contributed by atoms with Crippen LogP contribution >= 0.6 is 11.8 Å². The van der Waals surface area contributed by atoms with E-state index in [4.69, 9.17) is 5.73 Å². The molecule has 94 valence electrons. The Kier molecular flexibility index (Phi) is 3.90. The number of anilines is 1. The van der Waals surface area contributed by atoms with Gasteiger partial charge in [-0.3, -0.25) is 0 Å². The highest BCUT2D eigenvalue weighted by atomic mass is 32.2. The monoisotopic (exact) mass is 273 g/mol. The van der Waals surface area contributed by atoms with Gasteiger partial charge < -0.3 is 5.73 Å². The first-order chi connectivity index (χ1) is 8.10. The van der Waals surface area contributed by atoms with Gasteiger partial charge in [0.2, 0.25) is 10.0 Å². The molecule has 2 N–H and O–H groups in total. The highest BCUT2D eigenvalue weighted by Gasteiger charge is 2.25. The molecule has 0 amide bonds. The first-order valence-electron chi connectivity index (χ1n) is 5.40. The molecule has 0 bridgehead atoms. The van der Waals surface area contributed by atoms with Gasteiger partial charge >= 0.3 is 0 Å². The van der Waals surface area contributed by atoms with Gasteiger partial charge in [0.1, 0.15) is 10.7 Å². The number of sulfonamides is 1. The summed E-state index contributed by atoms with van der Waals surface area (Å²) in [4.78, 5) is 4.05. The standard InChI is InChI=1S/C10H15N3O2S2/c11-10-3-2-9(8-12-10)17(14,15)13-4-1-6-16-7-5-13/h2-3,8H,1,4-7H2,(H2,11,12). The van der Waals surface area contributed by atoms with E-state index in [0.717, 1.165) is 17.9 Å². The summed E-state index contributed by atoms with van der Waals surface area (Å²) in [5.74, 6) is 2.20. The number of rotatable bonds is 2. The van der Waals surface area contributed by atoms with Crippen LogP contribution in [0.1, 0.15) is 6.42 Å². The topological polar surface area (TPSA) is 76.3 Å². The summed E-state index contributed by atoms with van der Waals surface area (Å²) in [6, 6.07) is 3.02. The molecule has 1 saturated heterocycles. The maximum Gasteiger partial charge on any atom is 0.244 e. The molecule has 17 heavy (non-hydrogen) atoms. The van der Waals surface area contributed by atoms with Crippen molar-refractivity contribution >= 4 is 27.6 Å². The first-order valence-corrected chi connectivity index (χ1v) is 7.99. The molecule has 0 aliphatic carbocycles. The molecule has 5 nitrogen and oxygen atoms in total. The Bertz CT molecular complexity index is 465. The predicted molar refractivity (Wildman–Crippen MR) is 69.4 cm³/mol. The molecule has 1 aliphatic heterocycles. The molecule has 1 aliphatic rings. The van der Waals surface area contributed by atoms with Crippen molar-refractivity contribution < 1.29 is 8.42 Å². The fourth-order valence-electron chi connectivity index (χ4n) is 1.66. The predicted octanol–water partition coefficient (Wildman–Crippen LogP) is 0.791. The Hall–Kier alpha value is -0.790. The third-order valence-corrected chi connectivity index (χ3v) is 5.51. The Morgan fingerprint density at radius 3 is 2.82 bits per heavy atom. The molecular weight excluding hydrogens is 258 g/mol. The quantitative estimate of drug-likeness (QED) is 0.862. The fourth-order valence-corrected chi connectivity index (χ4v) is 4.08. The second-order valence-electron chi connectivity index (χ2n) is 3.79. The minimum absolute atomic E-state index is 0.221. The van der Waals surface area contributed by atoms with Gasteiger partial charge in [-0.1, -0.05) is 0 Å². The maximum absolute atomic E-state index is 12.3. The minimum atomic E-state index is -3.40. The van der Waals surface area contributed by atoms with Gasteiger partial charge in [0.05, 0.1) is 0 Å². The van der Waals surface area contributed by atoms with Crippen LogP contribution in [-0.4, -0.2) is 42.3 Å². The zero-order valence-electron chi connectivity index (χ0n) is 9.37. The summed E-state index contributed by atoms with van der Waals surface area (Å²) in [5, 5.41) is 0. The van der Waals surface area contributed by atoms with E-state index in [1.165, 1.54) is 22.6 Å². The van der Waals surface area contributed by atoms with Gasteiger partial charge in [0, 0.05) is 25.0 Å². The summed E-state index contributed by atoms with van der Waals surface area (Å²) in [6.45, 7) is 1.15. The summed E-state index contributed by atoms with van der Waals surface area (Å²) in [6.07, 6.45) is 2.22. The second-order valence-corrected chi connectivity index (χ2v) is 6.95. The van der Waals surface area contributed by atoms with Crippen molar-refractivity contribution in [2.75, 3.05) is 30.3 Å². The third kappa shape index (κ3) is 2.91. The normalized spacial score (nSPS) is 18.8. The van der Waals surface area contributed by atoms with Crippen LogP contribution in [0.2, 0.25) is 0 Å². The molecule has 1 fully saturated rings. The number of nitrogens with zero attached hydrogens (tertiary/aromatic N) is 2. The highest BCUT2D eigenvalue weighted by Crippen LogP contribution is 2.19. The number of hydrogen-bond donors (Lipinski definition) is 1. The van der Waals surface area contributed by atoms with E-state index in [1.807, 2.05) is 0 Å². The lowest BCUT2D eigenvalue weighted by Gasteiger charge is -2.19. The lowest BCUT2D eigenvalue weighted by molar-refractivity contribution is 0.435. The van der Waals surface area contributed by atoms with Crippen LogP contribution in [0.3, 0.4) is 0 Å². The Morgan fingerprint density at radius 1 is 1.29 bits per heavy atom. The molecule has 1 aromatic rings. The number of nitrogens with two attached hydrogens (primary N) is 1. The Morgan fingerprint density at radius 2 is 2.12 bits per heavy atom.